The first kappa shape index (κ1) is 17.5. The molecule has 0 radical (unpaired) electrons. The number of benzene rings is 2. The van der Waals surface area contributed by atoms with Crippen molar-refractivity contribution in [3.8, 4) is 11.5 Å². The van der Waals surface area contributed by atoms with Crippen LogP contribution in [0.15, 0.2) is 36.4 Å². The van der Waals surface area contributed by atoms with Crippen LogP contribution in [-0.2, 0) is 14.9 Å². The highest BCUT2D eigenvalue weighted by molar-refractivity contribution is 6.11. The summed E-state index contributed by atoms with van der Waals surface area (Å²) in [6.45, 7) is 1.40. The van der Waals surface area contributed by atoms with Gasteiger partial charge in [-0.2, -0.15) is 0 Å². The van der Waals surface area contributed by atoms with Crippen molar-refractivity contribution in [1.82, 2.24) is 0 Å². The zero-order chi connectivity index (χ0) is 19.3. The molecule has 0 bridgehead atoms. The Labute approximate surface area is 163 Å². The Morgan fingerprint density at radius 3 is 2.89 bits per heavy atom. The Balaban J connectivity index is 1.60. The number of hydrogen-bond donors (Lipinski definition) is 0. The van der Waals surface area contributed by atoms with E-state index in [0.717, 1.165) is 37.1 Å². The molecule has 3 heterocycles. The smallest absolute Gasteiger partial charge is 0.245 e. The van der Waals surface area contributed by atoms with Gasteiger partial charge in [-0.1, -0.05) is 18.2 Å². The first-order valence-corrected chi connectivity index (χ1v) is 9.69. The van der Waals surface area contributed by atoms with E-state index in [1.54, 1.807) is 4.90 Å². The monoisotopic (exact) mass is 383 g/mol. The summed E-state index contributed by atoms with van der Waals surface area (Å²) in [5, 5.41) is 0. The summed E-state index contributed by atoms with van der Waals surface area (Å²) < 4.78 is 31.3. The van der Waals surface area contributed by atoms with Gasteiger partial charge in [-0.15, -0.1) is 0 Å². The molecule has 5 nitrogen and oxygen atoms in total. The summed E-state index contributed by atoms with van der Waals surface area (Å²) in [4.78, 5) is 15.5. The van der Waals surface area contributed by atoms with Crippen molar-refractivity contribution in [3.05, 3.63) is 53.3 Å². The molecule has 0 aromatic heterocycles. The van der Waals surface area contributed by atoms with Crippen LogP contribution in [0, 0.1) is 5.82 Å². The van der Waals surface area contributed by atoms with Gasteiger partial charge < -0.3 is 19.1 Å². The van der Waals surface area contributed by atoms with E-state index in [0.29, 0.717) is 17.9 Å². The van der Waals surface area contributed by atoms with E-state index in [1.165, 1.54) is 19.2 Å². The zero-order valence-corrected chi connectivity index (χ0v) is 15.7. The van der Waals surface area contributed by atoms with Gasteiger partial charge in [-0.25, -0.2) is 4.39 Å². The molecule has 2 atom stereocenters. The Bertz CT molecular complexity index is 940. The van der Waals surface area contributed by atoms with Gasteiger partial charge in [-0.3, -0.25) is 4.79 Å². The molecule has 2 aromatic rings. The fraction of sp³-hybridized carbons (Fsp3) is 0.409. The predicted molar refractivity (Wildman–Crippen MR) is 102 cm³/mol. The lowest BCUT2D eigenvalue weighted by atomic mass is 9.77. The van der Waals surface area contributed by atoms with Crippen molar-refractivity contribution in [2.24, 2.45) is 0 Å². The summed E-state index contributed by atoms with van der Waals surface area (Å²) in [5.41, 5.74) is 1.26. The highest BCUT2D eigenvalue weighted by Crippen LogP contribution is 2.53. The molecule has 2 unspecified atom stereocenters. The number of amides is 1. The number of carbonyl (C=O) groups is 1. The number of nitrogens with zero attached hydrogens (tertiary/aromatic N) is 1. The summed E-state index contributed by atoms with van der Waals surface area (Å²) >= 11 is 0. The number of methoxy groups -OCH3 is 1. The molecule has 2 aromatic carbocycles. The minimum atomic E-state index is -1.02. The van der Waals surface area contributed by atoms with Crippen molar-refractivity contribution in [2.45, 2.75) is 30.8 Å². The van der Waals surface area contributed by atoms with E-state index in [9.17, 15) is 9.18 Å². The molecule has 0 saturated carbocycles. The lowest BCUT2D eigenvalue weighted by molar-refractivity contribution is -0.122. The number of ether oxygens (including phenoxy) is 3. The maximum atomic E-state index is 14.5. The molecule has 3 aliphatic heterocycles. The molecule has 5 rings (SSSR count). The lowest BCUT2D eigenvalue weighted by Gasteiger charge is -2.29. The normalized spacial score (nSPS) is 25.6. The second-order valence-electron chi connectivity index (χ2n) is 7.60. The van der Waals surface area contributed by atoms with Crippen molar-refractivity contribution < 1.29 is 23.4 Å². The van der Waals surface area contributed by atoms with Crippen LogP contribution in [0.1, 0.15) is 30.4 Å². The molecule has 1 saturated heterocycles. The quantitative estimate of drug-likeness (QED) is 0.815. The second kappa shape index (κ2) is 6.48. The fourth-order valence-electron chi connectivity index (χ4n) is 4.67. The number of rotatable bonds is 3. The molecule has 6 heteroatoms. The maximum Gasteiger partial charge on any atom is 0.245 e. The van der Waals surface area contributed by atoms with E-state index in [-0.39, 0.29) is 24.4 Å². The van der Waals surface area contributed by atoms with Crippen LogP contribution in [0.4, 0.5) is 10.1 Å². The molecule has 1 fully saturated rings. The first-order chi connectivity index (χ1) is 13.6. The Kier molecular flexibility index (Phi) is 4.05. The van der Waals surface area contributed by atoms with Crippen molar-refractivity contribution in [3.63, 3.8) is 0 Å². The fourth-order valence-corrected chi connectivity index (χ4v) is 4.67. The van der Waals surface area contributed by atoms with Crippen molar-refractivity contribution in [2.75, 3.05) is 31.8 Å². The average Bonchev–Trinajstić information content (AvgIpc) is 3.21. The van der Waals surface area contributed by atoms with Crippen molar-refractivity contribution >= 4 is 11.6 Å². The van der Waals surface area contributed by atoms with Crippen LogP contribution in [0.3, 0.4) is 0 Å². The molecule has 146 valence electrons. The van der Waals surface area contributed by atoms with Crippen LogP contribution in [0.25, 0.3) is 0 Å². The number of hydrogen-bond acceptors (Lipinski definition) is 4. The van der Waals surface area contributed by atoms with Gasteiger partial charge in [0, 0.05) is 23.9 Å². The molecule has 3 aliphatic rings. The number of halogens is 1. The second-order valence-corrected chi connectivity index (χ2v) is 7.60. The average molecular weight is 383 g/mol. The zero-order valence-electron chi connectivity index (χ0n) is 15.7. The first-order valence-electron chi connectivity index (χ1n) is 9.69. The van der Waals surface area contributed by atoms with Gasteiger partial charge in [0.2, 0.25) is 5.91 Å². The SMILES string of the molecule is COc1cc2c(cc1F)C1(CO2)C(=O)N(CC2CCCCO2)c2ccccc21. The number of para-hydroxylation sites is 1. The predicted octanol–water partition coefficient (Wildman–Crippen LogP) is 3.43. The largest absolute Gasteiger partial charge is 0.494 e. The highest BCUT2D eigenvalue weighted by Gasteiger charge is 2.57. The molecule has 1 spiro atoms. The minimum absolute atomic E-state index is 0.0234. The van der Waals surface area contributed by atoms with E-state index in [1.807, 2.05) is 24.3 Å². The molecule has 1 amide bonds. The number of fused-ring (bicyclic) bond motifs is 4. The Morgan fingerprint density at radius 2 is 2.11 bits per heavy atom. The van der Waals surface area contributed by atoms with Gasteiger partial charge in [0.25, 0.3) is 0 Å². The van der Waals surface area contributed by atoms with Crippen LogP contribution in [-0.4, -0.2) is 38.9 Å². The van der Waals surface area contributed by atoms with Gasteiger partial charge in [-0.05, 0) is 37.0 Å². The summed E-state index contributed by atoms with van der Waals surface area (Å²) in [6, 6.07) is 10.6. The van der Waals surface area contributed by atoms with Crippen LogP contribution >= 0.6 is 0 Å². The molecule has 0 aliphatic carbocycles. The maximum absolute atomic E-state index is 14.5. The topological polar surface area (TPSA) is 48.0 Å². The number of carbonyl (C=O) groups excluding carboxylic acids is 1. The number of anilines is 1. The minimum Gasteiger partial charge on any atom is -0.494 e. The molecule has 0 N–H and O–H groups in total. The van der Waals surface area contributed by atoms with Crippen LogP contribution < -0.4 is 14.4 Å². The van der Waals surface area contributed by atoms with Gasteiger partial charge in [0.15, 0.2) is 11.6 Å². The molecular formula is C22H22FNO4. The van der Waals surface area contributed by atoms with Crippen LogP contribution in [0.5, 0.6) is 11.5 Å². The highest BCUT2D eigenvalue weighted by atomic mass is 19.1. The third kappa shape index (κ3) is 2.37. The Hall–Kier alpha value is -2.60. The van der Waals surface area contributed by atoms with E-state index in [2.05, 4.69) is 0 Å². The van der Waals surface area contributed by atoms with Crippen LogP contribution in [0.2, 0.25) is 0 Å². The van der Waals surface area contributed by atoms with Gasteiger partial charge >= 0.3 is 0 Å². The van der Waals surface area contributed by atoms with E-state index in [4.69, 9.17) is 14.2 Å². The third-order valence-electron chi connectivity index (χ3n) is 6.08. The molecular weight excluding hydrogens is 361 g/mol. The Morgan fingerprint density at radius 1 is 1.25 bits per heavy atom. The van der Waals surface area contributed by atoms with E-state index >= 15 is 0 Å². The lowest BCUT2D eigenvalue weighted by Crippen LogP contribution is -2.45. The summed E-state index contributed by atoms with van der Waals surface area (Å²) in [5.74, 6) is 0.0378. The van der Waals surface area contributed by atoms with Gasteiger partial charge in [0.05, 0.1) is 19.8 Å². The molecule has 28 heavy (non-hydrogen) atoms. The van der Waals surface area contributed by atoms with Crippen molar-refractivity contribution in [1.29, 1.82) is 0 Å². The standard InChI is InChI=1S/C22H22FNO4/c1-26-20-11-19-16(10-17(20)23)22(13-28-19)15-7-2-3-8-18(15)24(21(22)25)12-14-6-4-5-9-27-14/h2-3,7-8,10-11,14H,4-6,9,12-13H2,1H3. The third-order valence-corrected chi connectivity index (χ3v) is 6.08. The van der Waals surface area contributed by atoms with Gasteiger partial charge in [0.1, 0.15) is 17.8 Å². The van der Waals surface area contributed by atoms with E-state index < -0.39 is 11.2 Å². The summed E-state index contributed by atoms with van der Waals surface area (Å²) in [7, 11) is 1.41. The summed E-state index contributed by atoms with van der Waals surface area (Å²) in [6.07, 6.45) is 3.14.